The molecule has 0 spiro atoms. The van der Waals surface area contributed by atoms with E-state index < -0.39 is 41.5 Å². The molecule has 3 rings (SSSR count). The van der Waals surface area contributed by atoms with E-state index >= 15 is 0 Å². The number of esters is 1. The molecule has 7 nitrogen and oxygen atoms in total. The molecule has 1 heterocycles. The third-order valence-corrected chi connectivity index (χ3v) is 5.19. The first kappa shape index (κ1) is 25.7. The maximum absolute atomic E-state index is 13.7. The molecule has 0 fully saturated rings. The van der Waals surface area contributed by atoms with Crippen LogP contribution in [0, 0.1) is 0 Å². The fourth-order valence-electron chi connectivity index (χ4n) is 3.33. The highest BCUT2D eigenvalue weighted by Crippen LogP contribution is 2.35. The summed E-state index contributed by atoms with van der Waals surface area (Å²) in [6.45, 7) is 2.33. The molecule has 0 saturated heterocycles. The van der Waals surface area contributed by atoms with E-state index in [2.05, 4.69) is 15.2 Å². The molecule has 0 radical (unpaired) electrons. The van der Waals surface area contributed by atoms with Gasteiger partial charge in [-0.05, 0) is 36.8 Å². The molecule has 35 heavy (non-hydrogen) atoms. The second-order valence-electron chi connectivity index (χ2n) is 7.82. The molecule has 3 aromatic rings. The second kappa shape index (κ2) is 10.2. The van der Waals surface area contributed by atoms with Gasteiger partial charge in [0.15, 0.2) is 0 Å². The standard InChI is InChI=1S/C24H23F4N3O4/c1-13(14-8-10-15(11-9-14)23(33)34-4)29-21(32)18-19(20(25)26)30-31(3)22(18)35-17-7-5-6-16(12-17)24(2,27)28/h5-13,20H,1-4H3,(H,29,32)/t13-/m0/s1. The van der Waals surface area contributed by atoms with Crippen molar-refractivity contribution in [2.75, 3.05) is 7.11 Å². The van der Waals surface area contributed by atoms with Crippen LogP contribution < -0.4 is 10.1 Å². The Balaban J connectivity index is 1.91. The van der Waals surface area contributed by atoms with Crippen LogP contribution in [-0.4, -0.2) is 28.8 Å². The molecule has 1 aromatic heterocycles. The second-order valence-corrected chi connectivity index (χ2v) is 7.82. The maximum Gasteiger partial charge on any atom is 0.337 e. The van der Waals surface area contributed by atoms with Crippen LogP contribution in [0.5, 0.6) is 11.6 Å². The molecule has 1 atom stereocenters. The SMILES string of the molecule is COC(=O)c1ccc([C@H](C)NC(=O)c2c(C(F)F)nn(C)c2Oc2cccc(C(C)(F)F)c2)cc1. The normalized spacial score (nSPS) is 12.4. The number of aryl methyl sites for hydroxylation is 1. The summed E-state index contributed by atoms with van der Waals surface area (Å²) in [5.74, 6) is -4.99. The van der Waals surface area contributed by atoms with Crippen molar-refractivity contribution in [3.8, 4) is 11.6 Å². The van der Waals surface area contributed by atoms with Gasteiger partial charge in [-0.15, -0.1) is 0 Å². The van der Waals surface area contributed by atoms with E-state index in [1.54, 1.807) is 19.1 Å². The number of methoxy groups -OCH3 is 1. The summed E-state index contributed by atoms with van der Waals surface area (Å²) < 4.78 is 66.0. The van der Waals surface area contributed by atoms with Crippen molar-refractivity contribution >= 4 is 11.9 Å². The number of carbonyl (C=O) groups is 2. The highest BCUT2D eigenvalue weighted by Gasteiger charge is 2.31. The van der Waals surface area contributed by atoms with Gasteiger partial charge in [0.1, 0.15) is 17.0 Å². The summed E-state index contributed by atoms with van der Waals surface area (Å²) >= 11 is 0. The zero-order chi connectivity index (χ0) is 25.9. The highest BCUT2D eigenvalue weighted by atomic mass is 19.3. The van der Waals surface area contributed by atoms with Crippen molar-refractivity contribution < 1.29 is 36.6 Å². The van der Waals surface area contributed by atoms with Gasteiger partial charge in [0, 0.05) is 19.5 Å². The Bertz CT molecular complexity index is 1220. The number of alkyl halides is 4. The third-order valence-electron chi connectivity index (χ3n) is 5.19. The van der Waals surface area contributed by atoms with Gasteiger partial charge < -0.3 is 14.8 Å². The zero-order valence-corrected chi connectivity index (χ0v) is 19.3. The molecular weight excluding hydrogens is 470 g/mol. The van der Waals surface area contributed by atoms with Crippen LogP contribution in [0.3, 0.4) is 0 Å². The number of hydrogen-bond donors (Lipinski definition) is 1. The van der Waals surface area contributed by atoms with E-state index in [0.29, 0.717) is 18.1 Å². The molecular formula is C24H23F4N3O4. The number of nitrogens with one attached hydrogen (secondary N) is 1. The van der Waals surface area contributed by atoms with E-state index in [-0.39, 0.29) is 17.2 Å². The Labute approximate surface area is 198 Å². The molecule has 0 bridgehead atoms. The van der Waals surface area contributed by atoms with Crippen molar-refractivity contribution in [3.63, 3.8) is 0 Å². The Morgan fingerprint density at radius 1 is 1.11 bits per heavy atom. The minimum absolute atomic E-state index is 0.0756. The fraction of sp³-hybridized carbons (Fsp3) is 0.292. The molecule has 0 aliphatic carbocycles. The van der Waals surface area contributed by atoms with Gasteiger partial charge in [-0.25, -0.2) is 27.0 Å². The number of ether oxygens (including phenoxy) is 2. The van der Waals surface area contributed by atoms with Crippen LogP contribution in [0.25, 0.3) is 0 Å². The van der Waals surface area contributed by atoms with E-state index in [0.717, 1.165) is 10.7 Å². The van der Waals surface area contributed by atoms with Gasteiger partial charge in [-0.3, -0.25) is 4.79 Å². The first-order chi connectivity index (χ1) is 16.4. The first-order valence-electron chi connectivity index (χ1n) is 10.4. The Kier molecular flexibility index (Phi) is 7.47. The zero-order valence-electron chi connectivity index (χ0n) is 19.3. The van der Waals surface area contributed by atoms with Gasteiger partial charge in [0.05, 0.1) is 18.7 Å². The molecule has 1 amide bonds. The average molecular weight is 493 g/mol. The third kappa shape index (κ3) is 5.79. The maximum atomic E-state index is 13.7. The predicted molar refractivity (Wildman–Crippen MR) is 118 cm³/mol. The van der Waals surface area contributed by atoms with Crippen molar-refractivity contribution in [1.82, 2.24) is 15.1 Å². The number of aromatic nitrogens is 2. The first-order valence-corrected chi connectivity index (χ1v) is 10.4. The summed E-state index contributed by atoms with van der Waals surface area (Å²) in [5.41, 5.74) is -0.785. The number of rotatable bonds is 8. The van der Waals surface area contributed by atoms with Gasteiger partial charge in [-0.1, -0.05) is 24.3 Å². The number of hydrogen-bond acceptors (Lipinski definition) is 5. The molecule has 0 aliphatic rings. The average Bonchev–Trinajstić information content (AvgIpc) is 3.14. The number of nitrogens with zero attached hydrogens (tertiary/aromatic N) is 2. The van der Waals surface area contributed by atoms with Gasteiger partial charge >= 0.3 is 5.97 Å². The molecule has 0 aliphatic heterocycles. The number of carbonyl (C=O) groups excluding carboxylic acids is 2. The fourth-order valence-corrected chi connectivity index (χ4v) is 3.33. The van der Waals surface area contributed by atoms with E-state index in [1.165, 1.54) is 44.5 Å². The summed E-state index contributed by atoms with van der Waals surface area (Å²) in [7, 11) is 2.54. The molecule has 0 saturated carbocycles. The molecule has 0 unspecified atom stereocenters. The van der Waals surface area contributed by atoms with E-state index in [9.17, 15) is 27.2 Å². The van der Waals surface area contributed by atoms with Gasteiger partial charge in [0.2, 0.25) is 5.88 Å². The smallest absolute Gasteiger partial charge is 0.337 e. The lowest BCUT2D eigenvalue weighted by atomic mass is 10.1. The summed E-state index contributed by atoms with van der Waals surface area (Å²) in [6, 6.07) is 10.5. The number of amides is 1. The van der Waals surface area contributed by atoms with Crippen molar-refractivity contribution in [2.45, 2.75) is 32.2 Å². The topological polar surface area (TPSA) is 82.5 Å². The highest BCUT2D eigenvalue weighted by molar-refractivity contribution is 5.98. The van der Waals surface area contributed by atoms with Crippen LogP contribution >= 0.6 is 0 Å². The largest absolute Gasteiger partial charge is 0.465 e. The van der Waals surface area contributed by atoms with Crippen molar-refractivity contribution in [3.05, 3.63) is 76.5 Å². The summed E-state index contributed by atoms with van der Waals surface area (Å²) in [4.78, 5) is 24.7. The minimum atomic E-state index is -3.15. The van der Waals surface area contributed by atoms with E-state index in [1.807, 2.05) is 0 Å². The summed E-state index contributed by atoms with van der Waals surface area (Å²) in [6.07, 6.45) is -3.10. The van der Waals surface area contributed by atoms with Crippen LogP contribution in [0.1, 0.15) is 63.9 Å². The minimum Gasteiger partial charge on any atom is -0.465 e. The Morgan fingerprint density at radius 2 is 1.77 bits per heavy atom. The quantitative estimate of drug-likeness (QED) is 0.329. The van der Waals surface area contributed by atoms with E-state index in [4.69, 9.17) is 4.74 Å². The van der Waals surface area contributed by atoms with Crippen LogP contribution in [-0.2, 0) is 17.7 Å². The monoisotopic (exact) mass is 493 g/mol. The number of benzene rings is 2. The van der Waals surface area contributed by atoms with Crippen LogP contribution in [0.2, 0.25) is 0 Å². The van der Waals surface area contributed by atoms with Crippen molar-refractivity contribution in [2.24, 2.45) is 7.05 Å². The van der Waals surface area contributed by atoms with Crippen LogP contribution in [0.4, 0.5) is 17.6 Å². The molecule has 186 valence electrons. The lowest BCUT2D eigenvalue weighted by molar-refractivity contribution is 0.0172. The Morgan fingerprint density at radius 3 is 2.34 bits per heavy atom. The number of halogens is 4. The predicted octanol–water partition coefficient (Wildman–Crippen LogP) is 5.54. The molecule has 11 heteroatoms. The van der Waals surface area contributed by atoms with Gasteiger partial charge in [0.25, 0.3) is 18.3 Å². The Hall–Kier alpha value is -3.89. The lowest BCUT2D eigenvalue weighted by Crippen LogP contribution is -2.27. The lowest BCUT2D eigenvalue weighted by Gasteiger charge is -2.16. The molecule has 2 aromatic carbocycles. The van der Waals surface area contributed by atoms with Gasteiger partial charge in [-0.2, -0.15) is 5.10 Å². The van der Waals surface area contributed by atoms with Crippen LogP contribution in [0.15, 0.2) is 48.5 Å². The molecule has 1 N–H and O–H groups in total. The summed E-state index contributed by atoms with van der Waals surface area (Å²) in [5, 5.41) is 6.30. The van der Waals surface area contributed by atoms with Crippen molar-refractivity contribution in [1.29, 1.82) is 0 Å².